The average Bonchev–Trinajstić information content (AvgIpc) is 2.10. The Bertz CT molecular complexity index is 325. The van der Waals surface area contributed by atoms with Crippen LogP contribution in [0.2, 0.25) is 0 Å². The van der Waals surface area contributed by atoms with E-state index < -0.39 is 0 Å². The van der Waals surface area contributed by atoms with Crippen LogP contribution in [0.5, 0.6) is 5.75 Å². The first-order valence-electron chi connectivity index (χ1n) is 5.17. The molecule has 15 heavy (non-hydrogen) atoms. The van der Waals surface area contributed by atoms with Gasteiger partial charge in [-0.25, -0.2) is 4.39 Å². The Labute approximate surface area is 90.2 Å². The molecule has 0 aliphatic carbocycles. The van der Waals surface area contributed by atoms with E-state index in [1.54, 1.807) is 6.07 Å². The van der Waals surface area contributed by atoms with Crippen LogP contribution in [-0.2, 0) is 0 Å². The molecule has 2 nitrogen and oxygen atoms in total. The Hall–Kier alpha value is -1.09. The number of hydrogen-bond acceptors (Lipinski definition) is 2. The molecule has 3 heteroatoms. The molecule has 0 spiro atoms. The van der Waals surface area contributed by atoms with Crippen LogP contribution in [0.15, 0.2) is 18.2 Å². The highest BCUT2D eigenvalue weighted by Crippen LogP contribution is 2.20. The van der Waals surface area contributed by atoms with Crippen molar-refractivity contribution in [2.24, 2.45) is 5.73 Å². The van der Waals surface area contributed by atoms with Crippen LogP contribution in [0.4, 0.5) is 4.39 Å². The molecule has 0 fully saturated rings. The summed E-state index contributed by atoms with van der Waals surface area (Å²) in [6.45, 7) is 5.76. The Morgan fingerprint density at radius 3 is 2.67 bits per heavy atom. The zero-order valence-corrected chi connectivity index (χ0v) is 9.46. The van der Waals surface area contributed by atoms with Crippen molar-refractivity contribution in [2.75, 3.05) is 0 Å². The molecular weight excluding hydrogens is 193 g/mol. The maximum Gasteiger partial charge on any atom is 0.126 e. The zero-order chi connectivity index (χ0) is 11.4. The highest BCUT2D eigenvalue weighted by atomic mass is 19.1. The van der Waals surface area contributed by atoms with Gasteiger partial charge in [0, 0.05) is 12.1 Å². The van der Waals surface area contributed by atoms with Gasteiger partial charge in [0.25, 0.3) is 0 Å². The van der Waals surface area contributed by atoms with Gasteiger partial charge in [0.1, 0.15) is 11.6 Å². The number of nitrogens with two attached hydrogens (primary N) is 1. The number of ether oxygens (including phenoxy) is 1. The monoisotopic (exact) mass is 211 g/mol. The third-order valence-corrected chi connectivity index (χ3v) is 2.18. The van der Waals surface area contributed by atoms with E-state index in [0.29, 0.717) is 5.75 Å². The van der Waals surface area contributed by atoms with Crippen molar-refractivity contribution < 1.29 is 9.13 Å². The molecule has 0 bridgehead atoms. The molecule has 2 atom stereocenters. The molecule has 1 aromatic carbocycles. The molecule has 0 saturated heterocycles. The molecule has 1 rings (SSSR count). The molecule has 1 aromatic rings. The van der Waals surface area contributed by atoms with Gasteiger partial charge in [-0.15, -0.1) is 0 Å². The van der Waals surface area contributed by atoms with Gasteiger partial charge in [-0.3, -0.25) is 0 Å². The first-order valence-corrected chi connectivity index (χ1v) is 5.17. The van der Waals surface area contributed by atoms with Crippen molar-refractivity contribution in [3.63, 3.8) is 0 Å². The highest BCUT2D eigenvalue weighted by Gasteiger charge is 2.09. The molecule has 0 aromatic heterocycles. The predicted molar refractivity (Wildman–Crippen MR) is 59.5 cm³/mol. The molecule has 0 heterocycles. The van der Waals surface area contributed by atoms with E-state index in [0.717, 1.165) is 12.0 Å². The summed E-state index contributed by atoms with van der Waals surface area (Å²) in [4.78, 5) is 0. The molecule has 0 saturated carbocycles. The fraction of sp³-hybridized carbons (Fsp3) is 0.500. The summed E-state index contributed by atoms with van der Waals surface area (Å²) in [7, 11) is 0. The summed E-state index contributed by atoms with van der Waals surface area (Å²) >= 11 is 0. The number of hydrogen-bond donors (Lipinski definition) is 1. The third-order valence-electron chi connectivity index (χ3n) is 2.18. The van der Waals surface area contributed by atoms with Crippen molar-refractivity contribution >= 4 is 0 Å². The molecule has 0 aliphatic rings. The van der Waals surface area contributed by atoms with Crippen molar-refractivity contribution in [1.29, 1.82) is 0 Å². The van der Waals surface area contributed by atoms with Crippen LogP contribution in [0, 0.1) is 12.7 Å². The lowest BCUT2D eigenvalue weighted by Crippen LogP contribution is -2.24. The maximum atomic E-state index is 13.0. The SMILES string of the molecule is Cc1ccc(F)cc1OC(C)CC(C)N. The lowest BCUT2D eigenvalue weighted by Gasteiger charge is -2.18. The van der Waals surface area contributed by atoms with Crippen molar-refractivity contribution in [3.8, 4) is 5.75 Å². The second-order valence-corrected chi connectivity index (χ2v) is 4.05. The van der Waals surface area contributed by atoms with E-state index in [1.165, 1.54) is 12.1 Å². The first kappa shape index (κ1) is 12.0. The minimum absolute atomic E-state index is 0.00509. The second-order valence-electron chi connectivity index (χ2n) is 4.05. The van der Waals surface area contributed by atoms with E-state index in [-0.39, 0.29) is 18.0 Å². The molecule has 0 amide bonds. The summed E-state index contributed by atoms with van der Waals surface area (Å²) in [5.41, 5.74) is 6.60. The molecule has 84 valence electrons. The second kappa shape index (κ2) is 5.12. The van der Waals surface area contributed by atoms with Gasteiger partial charge in [-0.1, -0.05) is 6.07 Å². The Morgan fingerprint density at radius 2 is 2.07 bits per heavy atom. The summed E-state index contributed by atoms with van der Waals surface area (Å²) in [5.74, 6) is 0.326. The van der Waals surface area contributed by atoms with Crippen LogP contribution in [0.25, 0.3) is 0 Å². The number of rotatable bonds is 4. The van der Waals surface area contributed by atoms with Crippen LogP contribution < -0.4 is 10.5 Å². The molecule has 0 aliphatic heterocycles. The molecule has 0 radical (unpaired) electrons. The van der Waals surface area contributed by atoms with Crippen LogP contribution >= 0.6 is 0 Å². The standard InChI is InChI=1S/C12H18FNO/c1-8-4-5-11(13)7-12(8)15-10(3)6-9(2)14/h4-5,7,9-10H,6,14H2,1-3H3. The fourth-order valence-electron chi connectivity index (χ4n) is 1.49. The third kappa shape index (κ3) is 3.88. The van der Waals surface area contributed by atoms with Gasteiger partial charge < -0.3 is 10.5 Å². The minimum atomic E-state index is -0.274. The predicted octanol–water partition coefficient (Wildman–Crippen LogP) is 2.64. The number of aryl methyl sites for hydroxylation is 1. The maximum absolute atomic E-state index is 13.0. The normalized spacial score (nSPS) is 14.7. The summed E-state index contributed by atoms with van der Waals surface area (Å²) in [6.07, 6.45) is 0.765. The quantitative estimate of drug-likeness (QED) is 0.831. The van der Waals surface area contributed by atoms with Gasteiger partial charge >= 0.3 is 0 Å². The lowest BCUT2D eigenvalue weighted by atomic mass is 10.1. The Balaban J connectivity index is 2.67. The highest BCUT2D eigenvalue weighted by molar-refractivity contribution is 5.32. The minimum Gasteiger partial charge on any atom is -0.490 e. The van der Waals surface area contributed by atoms with Gasteiger partial charge in [0.2, 0.25) is 0 Å². The largest absolute Gasteiger partial charge is 0.490 e. The van der Waals surface area contributed by atoms with Crippen molar-refractivity contribution in [3.05, 3.63) is 29.6 Å². The average molecular weight is 211 g/mol. The Kier molecular flexibility index (Phi) is 4.09. The molecule has 2 N–H and O–H groups in total. The lowest BCUT2D eigenvalue weighted by molar-refractivity contribution is 0.201. The fourth-order valence-corrected chi connectivity index (χ4v) is 1.49. The van der Waals surface area contributed by atoms with Crippen molar-refractivity contribution in [2.45, 2.75) is 39.3 Å². The van der Waals surface area contributed by atoms with Crippen LogP contribution in [0.3, 0.4) is 0 Å². The summed E-state index contributed by atoms with van der Waals surface area (Å²) in [5, 5.41) is 0. The molecular formula is C12H18FNO. The van der Waals surface area contributed by atoms with E-state index in [9.17, 15) is 4.39 Å². The van der Waals surface area contributed by atoms with E-state index in [2.05, 4.69) is 0 Å². The van der Waals surface area contributed by atoms with Gasteiger partial charge in [-0.05, 0) is 38.8 Å². The summed E-state index contributed by atoms with van der Waals surface area (Å²) < 4.78 is 18.6. The van der Waals surface area contributed by atoms with Gasteiger partial charge in [-0.2, -0.15) is 0 Å². The number of benzene rings is 1. The topological polar surface area (TPSA) is 35.2 Å². The first-order chi connectivity index (χ1) is 6.99. The zero-order valence-electron chi connectivity index (χ0n) is 9.46. The summed E-state index contributed by atoms with van der Waals surface area (Å²) in [6, 6.07) is 4.64. The van der Waals surface area contributed by atoms with E-state index >= 15 is 0 Å². The van der Waals surface area contributed by atoms with E-state index in [1.807, 2.05) is 20.8 Å². The van der Waals surface area contributed by atoms with Gasteiger partial charge in [0.05, 0.1) is 6.10 Å². The molecule has 2 unspecified atom stereocenters. The number of halogens is 1. The van der Waals surface area contributed by atoms with Crippen LogP contribution in [-0.4, -0.2) is 12.1 Å². The smallest absolute Gasteiger partial charge is 0.126 e. The Morgan fingerprint density at radius 1 is 1.40 bits per heavy atom. The van der Waals surface area contributed by atoms with E-state index in [4.69, 9.17) is 10.5 Å². The van der Waals surface area contributed by atoms with Crippen molar-refractivity contribution in [1.82, 2.24) is 0 Å². The van der Waals surface area contributed by atoms with Gasteiger partial charge in [0.15, 0.2) is 0 Å². The van der Waals surface area contributed by atoms with Crippen LogP contribution in [0.1, 0.15) is 25.8 Å².